The molecule has 0 aromatic heterocycles. The summed E-state index contributed by atoms with van der Waals surface area (Å²) in [5.74, 6) is -0.712. The molecule has 1 amide bonds. The standard InChI is InChI=1S/C15H28N2O3/c1-4-6-12(16)9-13(18)17-8-5-7-11(10-17)15(2,3)14(19)20/h11-12H,4-10,16H2,1-3H3,(H,19,20). The van der Waals surface area contributed by atoms with Crippen molar-refractivity contribution >= 4 is 11.9 Å². The third kappa shape index (κ3) is 4.20. The van der Waals surface area contributed by atoms with Crippen LogP contribution in [0.3, 0.4) is 0 Å². The molecule has 0 spiro atoms. The summed E-state index contributed by atoms with van der Waals surface area (Å²) in [6.07, 6.45) is 3.93. The lowest BCUT2D eigenvalue weighted by atomic mass is 9.74. The van der Waals surface area contributed by atoms with Crippen molar-refractivity contribution in [3.8, 4) is 0 Å². The first-order chi connectivity index (χ1) is 9.28. The summed E-state index contributed by atoms with van der Waals surface area (Å²) in [5, 5.41) is 9.31. The van der Waals surface area contributed by atoms with Gasteiger partial charge in [-0.3, -0.25) is 9.59 Å². The van der Waals surface area contributed by atoms with Crippen LogP contribution in [0.2, 0.25) is 0 Å². The van der Waals surface area contributed by atoms with Crippen molar-refractivity contribution in [2.24, 2.45) is 17.1 Å². The van der Waals surface area contributed by atoms with Crippen molar-refractivity contribution in [2.75, 3.05) is 13.1 Å². The third-order valence-electron chi connectivity index (χ3n) is 4.44. The number of nitrogens with two attached hydrogens (primary N) is 1. The van der Waals surface area contributed by atoms with Crippen molar-refractivity contribution in [3.63, 3.8) is 0 Å². The molecule has 1 aliphatic rings. The molecule has 0 aliphatic carbocycles. The summed E-state index contributed by atoms with van der Waals surface area (Å²) in [5.41, 5.74) is 5.13. The van der Waals surface area contributed by atoms with Crippen LogP contribution in [0.4, 0.5) is 0 Å². The molecule has 0 aromatic carbocycles. The molecule has 20 heavy (non-hydrogen) atoms. The van der Waals surface area contributed by atoms with Gasteiger partial charge in [-0.05, 0) is 39.0 Å². The Bertz CT molecular complexity index is 355. The fourth-order valence-electron chi connectivity index (χ4n) is 2.79. The average molecular weight is 284 g/mol. The number of rotatable bonds is 6. The van der Waals surface area contributed by atoms with Gasteiger partial charge in [0.1, 0.15) is 0 Å². The maximum absolute atomic E-state index is 12.2. The van der Waals surface area contributed by atoms with Crippen LogP contribution in [0.15, 0.2) is 0 Å². The van der Waals surface area contributed by atoms with Crippen molar-refractivity contribution in [2.45, 2.75) is 58.9 Å². The van der Waals surface area contributed by atoms with Crippen LogP contribution < -0.4 is 5.73 Å². The second kappa shape index (κ2) is 7.07. The van der Waals surface area contributed by atoms with E-state index in [0.717, 1.165) is 32.2 Å². The molecule has 0 radical (unpaired) electrons. The number of nitrogens with zero attached hydrogens (tertiary/aromatic N) is 1. The van der Waals surface area contributed by atoms with E-state index in [1.54, 1.807) is 18.7 Å². The highest BCUT2D eigenvalue weighted by molar-refractivity contribution is 5.77. The largest absolute Gasteiger partial charge is 0.481 e. The highest BCUT2D eigenvalue weighted by atomic mass is 16.4. The smallest absolute Gasteiger partial charge is 0.309 e. The molecule has 1 rings (SSSR count). The van der Waals surface area contributed by atoms with Gasteiger partial charge in [-0.2, -0.15) is 0 Å². The molecular weight excluding hydrogens is 256 g/mol. The maximum Gasteiger partial charge on any atom is 0.309 e. The highest BCUT2D eigenvalue weighted by Crippen LogP contribution is 2.34. The minimum Gasteiger partial charge on any atom is -0.481 e. The van der Waals surface area contributed by atoms with Gasteiger partial charge in [0.2, 0.25) is 5.91 Å². The molecular formula is C15H28N2O3. The van der Waals surface area contributed by atoms with E-state index in [0.29, 0.717) is 13.0 Å². The monoisotopic (exact) mass is 284 g/mol. The molecule has 5 heteroatoms. The predicted octanol–water partition coefficient (Wildman–Crippen LogP) is 1.85. The van der Waals surface area contributed by atoms with Gasteiger partial charge in [-0.25, -0.2) is 0 Å². The van der Waals surface area contributed by atoms with Gasteiger partial charge in [-0.15, -0.1) is 0 Å². The summed E-state index contributed by atoms with van der Waals surface area (Å²) < 4.78 is 0. The van der Waals surface area contributed by atoms with E-state index >= 15 is 0 Å². The van der Waals surface area contributed by atoms with Crippen molar-refractivity contribution in [1.29, 1.82) is 0 Å². The Kier molecular flexibility index (Phi) is 5.99. The SMILES string of the molecule is CCCC(N)CC(=O)N1CCCC(C(C)(C)C(=O)O)C1. The molecule has 1 aliphatic heterocycles. The van der Waals surface area contributed by atoms with Crippen LogP contribution in [0, 0.1) is 11.3 Å². The van der Waals surface area contributed by atoms with Crippen molar-refractivity contribution < 1.29 is 14.7 Å². The third-order valence-corrected chi connectivity index (χ3v) is 4.44. The minimum absolute atomic E-state index is 0.0140. The van der Waals surface area contributed by atoms with Gasteiger partial charge in [0.15, 0.2) is 0 Å². The normalized spacial score (nSPS) is 21.6. The quantitative estimate of drug-likeness (QED) is 0.779. The summed E-state index contributed by atoms with van der Waals surface area (Å²) >= 11 is 0. The minimum atomic E-state index is -0.792. The molecule has 2 unspecified atom stereocenters. The van der Waals surface area contributed by atoms with Gasteiger partial charge in [0.25, 0.3) is 0 Å². The van der Waals surface area contributed by atoms with Crippen molar-refractivity contribution in [1.82, 2.24) is 4.90 Å². The lowest BCUT2D eigenvalue weighted by Crippen LogP contribution is -2.47. The molecule has 5 nitrogen and oxygen atoms in total. The first-order valence-corrected chi connectivity index (χ1v) is 7.55. The maximum atomic E-state index is 12.2. The second-order valence-electron chi connectivity index (χ2n) is 6.46. The van der Waals surface area contributed by atoms with E-state index in [1.807, 2.05) is 0 Å². The number of hydrogen-bond acceptors (Lipinski definition) is 3. The van der Waals surface area contributed by atoms with Crippen LogP contribution in [0.25, 0.3) is 0 Å². The van der Waals surface area contributed by atoms with E-state index < -0.39 is 11.4 Å². The zero-order valence-corrected chi connectivity index (χ0v) is 12.9. The number of carboxylic acids is 1. The molecule has 3 N–H and O–H groups in total. The lowest BCUT2D eigenvalue weighted by Gasteiger charge is -2.39. The average Bonchev–Trinajstić information content (AvgIpc) is 2.38. The molecule has 0 saturated carbocycles. The molecule has 0 bridgehead atoms. The number of amides is 1. The number of hydrogen-bond donors (Lipinski definition) is 2. The number of aliphatic carboxylic acids is 1. The summed E-state index contributed by atoms with van der Waals surface area (Å²) in [7, 11) is 0. The summed E-state index contributed by atoms with van der Waals surface area (Å²) in [6, 6.07) is -0.0830. The molecule has 1 fully saturated rings. The molecule has 116 valence electrons. The number of carbonyl (C=O) groups is 2. The Morgan fingerprint density at radius 2 is 2.10 bits per heavy atom. The topological polar surface area (TPSA) is 83.6 Å². The Morgan fingerprint density at radius 3 is 2.65 bits per heavy atom. The van der Waals surface area contributed by atoms with Crippen LogP contribution in [-0.4, -0.2) is 41.0 Å². The zero-order chi connectivity index (χ0) is 15.3. The number of carbonyl (C=O) groups excluding carboxylic acids is 1. The first-order valence-electron chi connectivity index (χ1n) is 7.55. The van der Waals surface area contributed by atoms with Gasteiger partial charge >= 0.3 is 5.97 Å². The van der Waals surface area contributed by atoms with E-state index in [9.17, 15) is 14.7 Å². The van der Waals surface area contributed by atoms with E-state index in [-0.39, 0.29) is 17.9 Å². The highest BCUT2D eigenvalue weighted by Gasteiger charge is 2.39. The molecule has 0 aromatic rings. The molecule has 1 saturated heterocycles. The van der Waals surface area contributed by atoms with E-state index in [2.05, 4.69) is 6.92 Å². The van der Waals surface area contributed by atoms with Crippen LogP contribution in [0.1, 0.15) is 52.9 Å². The van der Waals surface area contributed by atoms with Crippen LogP contribution in [0.5, 0.6) is 0 Å². The molecule has 1 heterocycles. The predicted molar refractivity (Wildman–Crippen MR) is 78.2 cm³/mol. The lowest BCUT2D eigenvalue weighted by molar-refractivity contribution is -0.153. The van der Waals surface area contributed by atoms with Gasteiger partial charge in [0.05, 0.1) is 5.41 Å². The summed E-state index contributed by atoms with van der Waals surface area (Å²) in [4.78, 5) is 25.4. The Morgan fingerprint density at radius 1 is 1.45 bits per heavy atom. The fourth-order valence-corrected chi connectivity index (χ4v) is 2.79. The Balaban J connectivity index is 2.60. The molecule has 2 atom stereocenters. The summed E-state index contributed by atoms with van der Waals surface area (Å²) in [6.45, 7) is 6.81. The van der Waals surface area contributed by atoms with E-state index in [1.165, 1.54) is 0 Å². The Labute approximate surface area is 121 Å². The van der Waals surface area contributed by atoms with Crippen LogP contribution >= 0.6 is 0 Å². The van der Waals surface area contributed by atoms with Crippen molar-refractivity contribution in [3.05, 3.63) is 0 Å². The van der Waals surface area contributed by atoms with Gasteiger partial charge in [0, 0.05) is 25.6 Å². The second-order valence-corrected chi connectivity index (χ2v) is 6.46. The van der Waals surface area contributed by atoms with E-state index in [4.69, 9.17) is 5.73 Å². The first kappa shape index (κ1) is 17.0. The Hall–Kier alpha value is -1.10. The van der Waals surface area contributed by atoms with Gasteiger partial charge in [-0.1, -0.05) is 13.3 Å². The fraction of sp³-hybridized carbons (Fsp3) is 0.867. The number of likely N-dealkylation sites (tertiary alicyclic amines) is 1. The number of carboxylic acid groups (broad SMARTS) is 1. The van der Waals surface area contributed by atoms with Crippen LogP contribution in [-0.2, 0) is 9.59 Å². The zero-order valence-electron chi connectivity index (χ0n) is 12.9. The van der Waals surface area contributed by atoms with Gasteiger partial charge < -0.3 is 15.7 Å². The number of piperidine rings is 1.